The molecule has 0 amide bonds. The van der Waals surface area contributed by atoms with E-state index in [1.54, 1.807) is 6.20 Å². The van der Waals surface area contributed by atoms with Crippen LogP contribution in [0, 0.1) is 0 Å². The first-order valence-electron chi connectivity index (χ1n) is 2.43. The van der Waals surface area contributed by atoms with E-state index in [4.69, 9.17) is 0 Å². The highest BCUT2D eigenvalue weighted by atomic mass is 15.1. The number of nitrogens with zero attached hydrogens (tertiary/aromatic N) is 1. The third-order valence-corrected chi connectivity index (χ3v) is 1.15. The summed E-state index contributed by atoms with van der Waals surface area (Å²) in [5, 5.41) is 5.69. The molecule has 0 saturated heterocycles. The van der Waals surface area contributed by atoms with Crippen molar-refractivity contribution in [1.29, 1.82) is 0 Å². The van der Waals surface area contributed by atoms with E-state index < -0.39 is 0 Å². The molecule has 3 nitrogen and oxygen atoms in total. The summed E-state index contributed by atoms with van der Waals surface area (Å²) in [5.74, 6) is 0.921. The van der Waals surface area contributed by atoms with Gasteiger partial charge in [0, 0.05) is 18.0 Å². The Morgan fingerprint density at radius 2 is 2.50 bits per heavy atom. The Balaban J connectivity index is 2.84. The van der Waals surface area contributed by atoms with Gasteiger partial charge in [-0.05, 0) is 6.07 Å². The number of H-pyrrole nitrogens is 2. The van der Waals surface area contributed by atoms with Crippen molar-refractivity contribution >= 4 is 0 Å². The summed E-state index contributed by atoms with van der Waals surface area (Å²) in [6.45, 7) is 0. The lowest BCUT2D eigenvalue weighted by Crippen LogP contribution is -1.68. The molecule has 0 unspecified atom stereocenters. The lowest BCUT2D eigenvalue weighted by atomic mass is 10.4. The molecule has 40 valence electrons. The molecule has 2 aliphatic heterocycles. The molecule has 0 spiro atoms. The molecule has 0 aromatic heterocycles. The smallest absolute Gasteiger partial charge is 0.153 e. The Morgan fingerprint density at radius 3 is 3.38 bits per heavy atom. The zero-order chi connectivity index (χ0) is 5.40. The van der Waals surface area contributed by atoms with Crippen molar-refractivity contribution in [3.05, 3.63) is 18.5 Å². The quantitative estimate of drug-likeness (QED) is 0.514. The van der Waals surface area contributed by atoms with Crippen molar-refractivity contribution in [2.75, 3.05) is 0 Å². The number of fused-ring (bicyclic) bond motifs is 1. The second-order valence-electron chi connectivity index (χ2n) is 1.66. The average Bonchev–Trinajstić information content (AvgIpc) is 2.15. The summed E-state index contributed by atoms with van der Waals surface area (Å²) in [4.78, 5) is 3.99. The summed E-state index contributed by atoms with van der Waals surface area (Å²) in [5.41, 5.74) is 1.13. The molecule has 2 rings (SSSR count). The normalized spacial score (nSPS) is 10.5. The second-order valence-corrected chi connectivity index (χ2v) is 1.66. The summed E-state index contributed by atoms with van der Waals surface area (Å²) < 4.78 is 0. The number of aromatic amines is 2. The first kappa shape index (κ1) is 3.72. The molecule has 0 aromatic carbocycles. The van der Waals surface area contributed by atoms with E-state index in [9.17, 15) is 0 Å². The van der Waals surface area contributed by atoms with Gasteiger partial charge in [-0.25, -0.2) is 4.98 Å². The SMILES string of the molecule is c1cc2c[nH][nH]c-2n1. The third kappa shape index (κ3) is 0.307. The Kier molecular flexibility index (Phi) is 0.521. The maximum Gasteiger partial charge on any atom is 0.153 e. The van der Waals surface area contributed by atoms with Crippen LogP contribution in [0.3, 0.4) is 0 Å². The Bertz CT molecular complexity index is 199. The van der Waals surface area contributed by atoms with Crippen LogP contribution in [0.1, 0.15) is 0 Å². The van der Waals surface area contributed by atoms with Crippen LogP contribution in [0.4, 0.5) is 0 Å². The summed E-state index contributed by atoms with van der Waals surface area (Å²) in [7, 11) is 0. The van der Waals surface area contributed by atoms with E-state index in [0.29, 0.717) is 0 Å². The van der Waals surface area contributed by atoms with Crippen molar-refractivity contribution < 1.29 is 0 Å². The molecule has 0 fully saturated rings. The molecule has 8 heavy (non-hydrogen) atoms. The zero-order valence-electron chi connectivity index (χ0n) is 4.18. The van der Waals surface area contributed by atoms with Crippen molar-refractivity contribution in [3.63, 3.8) is 0 Å². The van der Waals surface area contributed by atoms with Gasteiger partial charge in [-0.15, -0.1) is 0 Å². The fourth-order valence-electron chi connectivity index (χ4n) is 0.749. The van der Waals surface area contributed by atoms with Gasteiger partial charge in [0.2, 0.25) is 0 Å². The first-order chi connectivity index (χ1) is 3.97. The molecular weight excluding hydrogens is 102 g/mol. The minimum atomic E-state index is 0.921. The van der Waals surface area contributed by atoms with Gasteiger partial charge < -0.3 is 5.10 Å². The average molecular weight is 107 g/mol. The van der Waals surface area contributed by atoms with Crippen LogP contribution in [0.15, 0.2) is 18.5 Å². The molecule has 0 radical (unpaired) electrons. The number of rotatable bonds is 0. The Labute approximate surface area is 46.1 Å². The Morgan fingerprint density at radius 1 is 1.50 bits per heavy atom. The van der Waals surface area contributed by atoms with Crippen LogP contribution >= 0.6 is 0 Å². The lowest BCUT2D eigenvalue weighted by Gasteiger charge is -1.75. The predicted octanol–water partition coefficient (Wildman–Crippen LogP) is 0.843. The first-order valence-corrected chi connectivity index (χ1v) is 2.43. The largest absolute Gasteiger partial charge is 0.306 e. The lowest BCUT2D eigenvalue weighted by molar-refractivity contribution is 1.07. The van der Waals surface area contributed by atoms with Crippen LogP contribution in [0.5, 0.6) is 0 Å². The van der Waals surface area contributed by atoms with Gasteiger partial charge >= 0.3 is 0 Å². The molecule has 0 aromatic rings. The van der Waals surface area contributed by atoms with Crippen LogP contribution < -0.4 is 0 Å². The topological polar surface area (TPSA) is 44.5 Å². The fraction of sp³-hybridized carbons (Fsp3) is 0. The van der Waals surface area contributed by atoms with Gasteiger partial charge in [-0.1, -0.05) is 0 Å². The van der Waals surface area contributed by atoms with Crippen LogP contribution in [-0.2, 0) is 0 Å². The van der Waals surface area contributed by atoms with Crippen LogP contribution in [-0.4, -0.2) is 15.2 Å². The highest BCUT2D eigenvalue weighted by Gasteiger charge is 2.00. The Hall–Kier alpha value is -1.25. The number of aromatic nitrogens is 3. The van der Waals surface area contributed by atoms with Crippen molar-refractivity contribution in [2.24, 2.45) is 0 Å². The highest BCUT2D eigenvalue weighted by Crippen LogP contribution is 2.13. The van der Waals surface area contributed by atoms with E-state index in [2.05, 4.69) is 15.2 Å². The van der Waals surface area contributed by atoms with Gasteiger partial charge in [0.1, 0.15) is 0 Å². The number of hydrogen-bond donors (Lipinski definition) is 2. The van der Waals surface area contributed by atoms with Gasteiger partial charge in [-0.3, -0.25) is 5.10 Å². The van der Waals surface area contributed by atoms with E-state index >= 15 is 0 Å². The summed E-state index contributed by atoms with van der Waals surface area (Å²) in [6.07, 6.45) is 3.65. The minimum Gasteiger partial charge on any atom is -0.306 e. The predicted molar refractivity (Wildman–Crippen MR) is 29.6 cm³/mol. The van der Waals surface area contributed by atoms with Crippen molar-refractivity contribution in [2.45, 2.75) is 0 Å². The fourth-order valence-corrected chi connectivity index (χ4v) is 0.749. The van der Waals surface area contributed by atoms with Crippen molar-refractivity contribution in [3.8, 4) is 11.4 Å². The van der Waals surface area contributed by atoms with Crippen LogP contribution in [0.2, 0.25) is 0 Å². The molecule has 2 heterocycles. The number of hydrogen-bond acceptors (Lipinski definition) is 1. The van der Waals surface area contributed by atoms with Gasteiger partial charge in [0.05, 0.1) is 0 Å². The molecule has 0 atom stereocenters. The molecule has 2 N–H and O–H groups in total. The van der Waals surface area contributed by atoms with E-state index in [1.165, 1.54) is 0 Å². The standard InChI is InChI=1S/C5H5N3/c1-2-6-5-4(1)3-7-8-5/h1-3H,(H2,6,7,8). The van der Waals surface area contributed by atoms with Crippen LogP contribution in [0.25, 0.3) is 11.4 Å². The van der Waals surface area contributed by atoms with E-state index in [0.717, 1.165) is 11.4 Å². The van der Waals surface area contributed by atoms with Gasteiger partial charge in [0.25, 0.3) is 0 Å². The summed E-state index contributed by atoms with van der Waals surface area (Å²) >= 11 is 0. The van der Waals surface area contributed by atoms with Gasteiger partial charge in [0.15, 0.2) is 5.82 Å². The van der Waals surface area contributed by atoms with Gasteiger partial charge in [-0.2, -0.15) is 0 Å². The molecule has 0 aliphatic carbocycles. The molecule has 3 heteroatoms. The van der Waals surface area contributed by atoms with Crippen molar-refractivity contribution in [1.82, 2.24) is 15.2 Å². The second kappa shape index (κ2) is 1.12. The molecule has 2 aliphatic rings. The summed E-state index contributed by atoms with van der Waals surface area (Å²) in [6, 6.07) is 1.95. The maximum atomic E-state index is 3.99. The molecule has 0 bridgehead atoms. The molecular formula is C5H5N3. The van der Waals surface area contributed by atoms with E-state index in [1.807, 2.05) is 12.3 Å². The maximum absolute atomic E-state index is 3.99. The molecule has 0 saturated carbocycles. The number of nitrogens with one attached hydrogen (secondary N) is 2. The minimum absolute atomic E-state index is 0.921. The highest BCUT2D eigenvalue weighted by molar-refractivity contribution is 5.54. The van der Waals surface area contributed by atoms with E-state index in [-0.39, 0.29) is 0 Å². The monoisotopic (exact) mass is 107 g/mol. The zero-order valence-corrected chi connectivity index (χ0v) is 4.18. The third-order valence-electron chi connectivity index (χ3n) is 1.15.